The Hall–Kier alpha value is -1.72. The lowest BCUT2D eigenvalue weighted by Crippen LogP contribution is -2.33. The molecule has 1 heterocycles. The summed E-state index contributed by atoms with van der Waals surface area (Å²) in [6.45, 7) is 0.359. The summed E-state index contributed by atoms with van der Waals surface area (Å²) in [6, 6.07) is 6.80. The number of carbonyl (C=O) groups is 1. The fourth-order valence-electron chi connectivity index (χ4n) is 2.60. The van der Waals surface area contributed by atoms with Crippen molar-refractivity contribution in [2.75, 3.05) is 13.7 Å². The second-order valence-electron chi connectivity index (χ2n) is 4.78. The molecule has 0 N–H and O–H groups in total. The van der Waals surface area contributed by atoms with Gasteiger partial charge in [0.25, 0.3) is 0 Å². The van der Waals surface area contributed by atoms with E-state index in [1.807, 2.05) is 0 Å². The van der Waals surface area contributed by atoms with Crippen molar-refractivity contribution in [2.45, 2.75) is 31.5 Å². The molecule has 1 aliphatic rings. The molecule has 2 rings (SSSR count). The molecule has 20 heavy (non-hydrogen) atoms. The van der Waals surface area contributed by atoms with E-state index in [0.29, 0.717) is 25.1 Å². The minimum absolute atomic E-state index is 0.332. The number of nitrogens with zero attached hydrogens (tertiary/aromatic N) is 1. The van der Waals surface area contributed by atoms with Gasteiger partial charge >= 0.3 is 6.18 Å². The van der Waals surface area contributed by atoms with Gasteiger partial charge in [-0.05, 0) is 18.9 Å². The molecule has 0 saturated carbocycles. The molecule has 1 aromatic rings. The van der Waals surface area contributed by atoms with Crippen LogP contribution < -0.4 is 4.74 Å². The topological polar surface area (TPSA) is 29.5 Å². The van der Waals surface area contributed by atoms with Crippen molar-refractivity contribution in [3.8, 4) is 5.75 Å². The first-order valence-electron chi connectivity index (χ1n) is 6.41. The molecule has 1 fully saturated rings. The number of halogens is 3. The average molecular weight is 287 g/mol. The van der Waals surface area contributed by atoms with Gasteiger partial charge in [0.1, 0.15) is 12.2 Å². The van der Waals surface area contributed by atoms with Crippen molar-refractivity contribution in [1.29, 1.82) is 0 Å². The van der Waals surface area contributed by atoms with Gasteiger partial charge in [0.15, 0.2) is 0 Å². The number of hydrogen-bond acceptors (Lipinski definition) is 2. The van der Waals surface area contributed by atoms with Crippen LogP contribution in [0.4, 0.5) is 13.2 Å². The first-order valence-corrected chi connectivity index (χ1v) is 6.41. The lowest BCUT2D eigenvalue weighted by molar-refractivity contribution is -0.162. The zero-order valence-electron chi connectivity index (χ0n) is 11.1. The smallest absolute Gasteiger partial charge is 0.397 e. The number of ether oxygens (including phenoxy) is 1. The molecule has 6 heteroatoms. The van der Waals surface area contributed by atoms with Gasteiger partial charge in [-0.15, -0.1) is 0 Å². The van der Waals surface area contributed by atoms with E-state index >= 15 is 0 Å². The monoisotopic (exact) mass is 287 g/mol. The Balaban J connectivity index is 2.21. The van der Waals surface area contributed by atoms with Crippen molar-refractivity contribution in [1.82, 2.24) is 4.90 Å². The predicted octanol–water partition coefficient (Wildman–Crippen LogP) is 3.31. The molecule has 0 aromatic heterocycles. The second-order valence-corrected chi connectivity index (χ2v) is 4.78. The number of alkyl halides is 3. The number of amides is 1. The minimum Gasteiger partial charge on any atom is -0.496 e. The third kappa shape index (κ3) is 3.23. The van der Waals surface area contributed by atoms with Gasteiger partial charge in [0.05, 0.1) is 13.2 Å². The van der Waals surface area contributed by atoms with Gasteiger partial charge in [-0.3, -0.25) is 4.79 Å². The third-order valence-electron chi connectivity index (χ3n) is 3.42. The van der Waals surface area contributed by atoms with Crippen LogP contribution >= 0.6 is 0 Å². The van der Waals surface area contributed by atoms with Crippen LogP contribution in [0.15, 0.2) is 24.3 Å². The normalized spacial score (nSPS) is 19.2. The van der Waals surface area contributed by atoms with Crippen molar-refractivity contribution in [3.05, 3.63) is 29.8 Å². The van der Waals surface area contributed by atoms with E-state index < -0.39 is 18.5 Å². The maximum atomic E-state index is 12.4. The Morgan fingerprint density at radius 1 is 1.40 bits per heavy atom. The maximum Gasteiger partial charge on any atom is 0.397 e. The number of hydrogen-bond donors (Lipinski definition) is 0. The number of para-hydroxylation sites is 1. The van der Waals surface area contributed by atoms with Crippen LogP contribution in [0.2, 0.25) is 0 Å². The molecule has 1 aromatic carbocycles. The second kappa shape index (κ2) is 5.73. The van der Waals surface area contributed by atoms with Crippen molar-refractivity contribution in [2.24, 2.45) is 0 Å². The van der Waals surface area contributed by atoms with Crippen molar-refractivity contribution in [3.63, 3.8) is 0 Å². The van der Waals surface area contributed by atoms with Gasteiger partial charge in [0, 0.05) is 12.1 Å². The summed E-state index contributed by atoms with van der Waals surface area (Å²) in [7, 11) is 1.51. The number of likely N-dealkylation sites (tertiary alicyclic amines) is 1. The number of benzene rings is 1. The lowest BCUT2D eigenvalue weighted by Gasteiger charge is -2.26. The molecule has 0 unspecified atom stereocenters. The molecule has 0 aliphatic carbocycles. The Kier molecular flexibility index (Phi) is 4.20. The Morgan fingerprint density at radius 3 is 2.75 bits per heavy atom. The van der Waals surface area contributed by atoms with Crippen LogP contribution in [0.5, 0.6) is 5.75 Å². The molecule has 1 saturated heterocycles. The van der Waals surface area contributed by atoms with E-state index in [1.165, 1.54) is 12.0 Å². The predicted molar refractivity (Wildman–Crippen MR) is 67.4 cm³/mol. The Labute approximate surface area is 115 Å². The Bertz CT molecular complexity index is 488. The SMILES string of the molecule is COc1ccccc1[C@H]1CCCN1C(=O)CC(F)(F)F. The van der Waals surface area contributed by atoms with E-state index in [0.717, 1.165) is 5.56 Å². The van der Waals surface area contributed by atoms with Crippen molar-refractivity contribution < 1.29 is 22.7 Å². The maximum absolute atomic E-state index is 12.4. The molecule has 0 radical (unpaired) electrons. The largest absolute Gasteiger partial charge is 0.496 e. The van der Waals surface area contributed by atoms with E-state index in [2.05, 4.69) is 0 Å². The van der Waals surface area contributed by atoms with Crippen LogP contribution in [-0.4, -0.2) is 30.6 Å². The molecular formula is C14H16F3NO2. The molecule has 1 amide bonds. The summed E-state index contributed by atoms with van der Waals surface area (Å²) < 4.78 is 42.3. The molecular weight excluding hydrogens is 271 g/mol. The zero-order valence-corrected chi connectivity index (χ0v) is 11.1. The highest BCUT2D eigenvalue weighted by Gasteiger charge is 2.38. The zero-order chi connectivity index (χ0) is 14.8. The summed E-state index contributed by atoms with van der Waals surface area (Å²) in [5.41, 5.74) is 0.767. The average Bonchev–Trinajstić information content (AvgIpc) is 2.85. The summed E-state index contributed by atoms with van der Waals surface area (Å²) >= 11 is 0. The van der Waals surface area contributed by atoms with Gasteiger partial charge in [-0.25, -0.2) is 0 Å². The molecule has 0 spiro atoms. The molecule has 110 valence electrons. The third-order valence-corrected chi connectivity index (χ3v) is 3.42. The van der Waals surface area contributed by atoms with Gasteiger partial charge < -0.3 is 9.64 Å². The first-order chi connectivity index (χ1) is 9.42. The summed E-state index contributed by atoms with van der Waals surface area (Å²) in [4.78, 5) is 13.1. The van der Waals surface area contributed by atoms with E-state index in [1.54, 1.807) is 24.3 Å². The van der Waals surface area contributed by atoms with E-state index in [4.69, 9.17) is 4.74 Å². The molecule has 3 nitrogen and oxygen atoms in total. The van der Waals surface area contributed by atoms with Crippen LogP contribution in [0.3, 0.4) is 0 Å². The quantitative estimate of drug-likeness (QED) is 0.853. The van der Waals surface area contributed by atoms with E-state index in [-0.39, 0.29) is 6.04 Å². The standard InChI is InChI=1S/C14H16F3NO2/c1-20-12-7-3-2-5-10(12)11-6-4-8-18(11)13(19)9-14(15,16)17/h2-3,5,7,11H,4,6,8-9H2,1H3/t11-/m1/s1. The number of carbonyl (C=O) groups excluding carboxylic acids is 1. The highest BCUT2D eigenvalue weighted by atomic mass is 19.4. The van der Waals surface area contributed by atoms with Gasteiger partial charge in [0.2, 0.25) is 5.91 Å². The van der Waals surface area contributed by atoms with Crippen LogP contribution in [0, 0.1) is 0 Å². The van der Waals surface area contributed by atoms with Gasteiger partial charge in [-0.2, -0.15) is 13.2 Å². The number of methoxy groups -OCH3 is 1. The number of rotatable bonds is 3. The minimum atomic E-state index is -4.47. The van der Waals surface area contributed by atoms with Crippen LogP contribution in [-0.2, 0) is 4.79 Å². The fraction of sp³-hybridized carbons (Fsp3) is 0.500. The van der Waals surface area contributed by atoms with Crippen LogP contribution in [0.25, 0.3) is 0 Å². The van der Waals surface area contributed by atoms with E-state index in [9.17, 15) is 18.0 Å². The molecule has 0 bridgehead atoms. The summed E-state index contributed by atoms with van der Waals surface area (Å²) in [5, 5.41) is 0. The summed E-state index contributed by atoms with van der Waals surface area (Å²) in [6.07, 6.45) is -4.51. The first kappa shape index (κ1) is 14.7. The highest BCUT2D eigenvalue weighted by Crippen LogP contribution is 2.38. The highest BCUT2D eigenvalue weighted by molar-refractivity contribution is 5.77. The molecule has 1 atom stereocenters. The van der Waals surface area contributed by atoms with Crippen LogP contribution in [0.1, 0.15) is 30.9 Å². The van der Waals surface area contributed by atoms with Gasteiger partial charge in [-0.1, -0.05) is 18.2 Å². The van der Waals surface area contributed by atoms with Crippen molar-refractivity contribution >= 4 is 5.91 Å². The fourth-order valence-corrected chi connectivity index (χ4v) is 2.60. The lowest BCUT2D eigenvalue weighted by atomic mass is 10.0. The summed E-state index contributed by atoms with van der Waals surface area (Å²) in [5.74, 6) is -0.268. The Morgan fingerprint density at radius 2 is 2.10 bits per heavy atom. The molecule has 1 aliphatic heterocycles.